The molecule has 0 aromatic heterocycles. The minimum atomic E-state index is -5.62. The molecule has 16 heavy (non-hydrogen) atoms. The smallest absolute Gasteiger partial charge is 0.410 e. The van der Waals surface area contributed by atoms with Crippen LogP contribution in [0.5, 0.6) is 0 Å². The quantitative estimate of drug-likeness (QED) is 0.531. The molecule has 0 rings (SSSR count). The van der Waals surface area contributed by atoms with Gasteiger partial charge in [-0.05, 0) is 20.8 Å². The van der Waals surface area contributed by atoms with Gasteiger partial charge in [-0.15, -0.1) is 0 Å². The zero-order valence-corrected chi connectivity index (χ0v) is 8.64. The second-order valence-corrected chi connectivity index (χ2v) is 3.94. The molecule has 8 heteroatoms. The van der Waals surface area contributed by atoms with Crippen molar-refractivity contribution in [2.45, 2.75) is 38.2 Å². The molecule has 0 aliphatic heterocycles. The Bertz CT molecular complexity index is 306. The maximum absolute atomic E-state index is 12.7. The molecule has 0 N–H and O–H groups in total. The third-order valence-corrected chi connectivity index (χ3v) is 1.31. The van der Waals surface area contributed by atoms with Gasteiger partial charge in [-0.3, -0.25) is 0 Å². The maximum atomic E-state index is 12.7. The molecule has 0 bridgehead atoms. The second-order valence-electron chi connectivity index (χ2n) is 3.94. The van der Waals surface area contributed by atoms with Crippen LogP contribution >= 0.6 is 0 Å². The van der Waals surface area contributed by atoms with E-state index in [0.717, 1.165) is 20.8 Å². The summed E-state index contributed by atoms with van der Waals surface area (Å²) in [5.41, 5.74) is -1.44. The summed E-state index contributed by atoms with van der Waals surface area (Å²) < 4.78 is 54.3. The zero-order valence-electron chi connectivity index (χ0n) is 8.64. The van der Waals surface area contributed by atoms with Crippen LogP contribution in [0.4, 0.5) is 17.6 Å². The summed E-state index contributed by atoms with van der Waals surface area (Å²) >= 11 is 0. The molecule has 0 spiro atoms. The van der Waals surface area contributed by atoms with E-state index >= 15 is 0 Å². The first-order valence-corrected chi connectivity index (χ1v) is 4.03. The molecule has 0 saturated heterocycles. The highest BCUT2D eigenvalue weighted by molar-refractivity contribution is 5.88. The summed E-state index contributed by atoms with van der Waals surface area (Å²) in [6, 6.07) is 0. The van der Waals surface area contributed by atoms with E-state index in [9.17, 15) is 32.3 Å². The molecule has 0 unspecified atom stereocenters. The van der Waals surface area contributed by atoms with Crippen LogP contribution in [0.1, 0.15) is 20.8 Å². The van der Waals surface area contributed by atoms with Gasteiger partial charge in [0.1, 0.15) is 11.6 Å². The molecule has 0 radical (unpaired) electrons. The SMILES string of the molecule is CC(C)(C)OC(=O)C(F)(F)C(F)(F)C(=O)[O-]. The number of ether oxygens (including phenoxy) is 1. The van der Waals surface area contributed by atoms with Gasteiger partial charge in [-0.25, -0.2) is 4.79 Å². The predicted molar refractivity (Wildman–Crippen MR) is 40.7 cm³/mol. The Kier molecular flexibility index (Phi) is 3.58. The molecular formula is C8H9F4O4-. The highest BCUT2D eigenvalue weighted by Crippen LogP contribution is 2.35. The van der Waals surface area contributed by atoms with Gasteiger partial charge in [0.2, 0.25) is 0 Å². The van der Waals surface area contributed by atoms with Crippen LogP contribution < -0.4 is 5.11 Å². The van der Waals surface area contributed by atoms with Gasteiger partial charge in [0.15, 0.2) is 0 Å². The van der Waals surface area contributed by atoms with Crippen LogP contribution in [-0.2, 0) is 14.3 Å². The molecule has 0 aromatic carbocycles. The van der Waals surface area contributed by atoms with Crippen LogP contribution in [-0.4, -0.2) is 29.4 Å². The van der Waals surface area contributed by atoms with E-state index in [2.05, 4.69) is 4.74 Å². The molecule has 0 amide bonds. The molecule has 0 heterocycles. The van der Waals surface area contributed by atoms with Gasteiger partial charge in [0, 0.05) is 0 Å². The van der Waals surface area contributed by atoms with Crippen LogP contribution in [0.15, 0.2) is 0 Å². The standard InChI is InChI=1S/C8H10F4O4/c1-6(2,3)16-5(15)8(11,12)7(9,10)4(13)14/h1-3H3,(H,13,14)/p-1. The highest BCUT2D eigenvalue weighted by Gasteiger charge is 2.65. The fourth-order valence-corrected chi connectivity index (χ4v) is 0.599. The summed E-state index contributed by atoms with van der Waals surface area (Å²) in [5, 5.41) is 9.79. The average Bonchev–Trinajstić information content (AvgIpc) is 1.99. The number of alkyl halides is 4. The van der Waals surface area contributed by atoms with Gasteiger partial charge in [0.25, 0.3) is 0 Å². The fraction of sp³-hybridized carbons (Fsp3) is 0.750. The van der Waals surface area contributed by atoms with Crippen molar-refractivity contribution < 1.29 is 37.0 Å². The predicted octanol–water partition coefficient (Wildman–Crippen LogP) is 0.349. The first kappa shape index (κ1) is 14.7. The zero-order chi connectivity index (χ0) is 13.4. The number of carbonyl (C=O) groups excluding carboxylic acids is 2. The van der Waals surface area contributed by atoms with E-state index in [1.807, 2.05) is 0 Å². The number of rotatable bonds is 3. The number of carbonyl (C=O) groups is 2. The monoisotopic (exact) mass is 245 g/mol. The minimum absolute atomic E-state index is 1.16. The normalized spacial score (nSPS) is 13.4. The minimum Gasteiger partial charge on any atom is -0.544 e. The third kappa shape index (κ3) is 2.83. The van der Waals surface area contributed by atoms with Gasteiger partial charge < -0.3 is 14.6 Å². The summed E-state index contributed by atoms with van der Waals surface area (Å²) in [4.78, 5) is 20.5. The Morgan fingerprint density at radius 2 is 1.38 bits per heavy atom. The van der Waals surface area contributed by atoms with Gasteiger partial charge >= 0.3 is 17.8 Å². The Hall–Kier alpha value is -1.34. The lowest BCUT2D eigenvalue weighted by Gasteiger charge is -2.28. The van der Waals surface area contributed by atoms with Crippen LogP contribution in [0.2, 0.25) is 0 Å². The number of hydrogen-bond donors (Lipinski definition) is 0. The van der Waals surface area contributed by atoms with E-state index in [0.29, 0.717) is 0 Å². The number of hydrogen-bond acceptors (Lipinski definition) is 4. The van der Waals surface area contributed by atoms with Crippen molar-refractivity contribution in [3.63, 3.8) is 0 Å². The van der Waals surface area contributed by atoms with Crippen molar-refractivity contribution in [1.82, 2.24) is 0 Å². The van der Waals surface area contributed by atoms with E-state index in [1.54, 1.807) is 0 Å². The van der Waals surface area contributed by atoms with E-state index in [1.165, 1.54) is 0 Å². The maximum Gasteiger partial charge on any atom is 0.410 e. The molecule has 0 saturated carbocycles. The lowest BCUT2D eigenvalue weighted by atomic mass is 10.1. The second kappa shape index (κ2) is 3.91. The average molecular weight is 245 g/mol. The fourth-order valence-electron chi connectivity index (χ4n) is 0.599. The highest BCUT2D eigenvalue weighted by atomic mass is 19.3. The van der Waals surface area contributed by atoms with Crippen molar-refractivity contribution in [1.29, 1.82) is 0 Å². The molecule has 0 aliphatic rings. The molecule has 0 atom stereocenters. The molecular weight excluding hydrogens is 236 g/mol. The summed E-state index contributed by atoms with van der Waals surface area (Å²) in [7, 11) is 0. The number of esters is 1. The van der Waals surface area contributed by atoms with E-state index in [4.69, 9.17) is 0 Å². The number of aliphatic carboxylic acids is 1. The summed E-state index contributed by atoms with van der Waals surface area (Å²) in [6.45, 7) is 3.49. The first-order chi connectivity index (χ1) is 6.82. The number of carboxylic acids is 1. The van der Waals surface area contributed by atoms with Crippen molar-refractivity contribution in [2.24, 2.45) is 0 Å². The van der Waals surface area contributed by atoms with Crippen molar-refractivity contribution in [3.8, 4) is 0 Å². The Balaban J connectivity index is 5.07. The number of carboxylic acid groups (broad SMARTS) is 1. The molecule has 94 valence electrons. The lowest BCUT2D eigenvalue weighted by Crippen LogP contribution is -2.58. The van der Waals surface area contributed by atoms with Crippen molar-refractivity contribution in [3.05, 3.63) is 0 Å². The summed E-state index contributed by atoms with van der Waals surface area (Å²) in [6.07, 6.45) is 0. The van der Waals surface area contributed by atoms with E-state index in [-0.39, 0.29) is 0 Å². The largest absolute Gasteiger partial charge is 0.544 e. The van der Waals surface area contributed by atoms with Gasteiger partial charge in [-0.1, -0.05) is 0 Å². The molecule has 0 fully saturated rings. The Morgan fingerprint density at radius 1 is 1.00 bits per heavy atom. The lowest BCUT2D eigenvalue weighted by molar-refractivity contribution is -0.347. The van der Waals surface area contributed by atoms with Crippen LogP contribution in [0.3, 0.4) is 0 Å². The van der Waals surface area contributed by atoms with Gasteiger partial charge in [-0.2, -0.15) is 17.6 Å². The van der Waals surface area contributed by atoms with E-state index < -0.39 is 29.4 Å². The van der Waals surface area contributed by atoms with Crippen molar-refractivity contribution >= 4 is 11.9 Å². The number of halogens is 4. The summed E-state index contributed by atoms with van der Waals surface area (Å²) in [5.74, 6) is -17.0. The van der Waals surface area contributed by atoms with Crippen LogP contribution in [0.25, 0.3) is 0 Å². The molecule has 0 aliphatic carbocycles. The Morgan fingerprint density at radius 3 is 1.62 bits per heavy atom. The molecule has 4 nitrogen and oxygen atoms in total. The van der Waals surface area contributed by atoms with Gasteiger partial charge in [0.05, 0.1) is 0 Å². The molecule has 0 aromatic rings. The van der Waals surface area contributed by atoms with Crippen molar-refractivity contribution in [2.75, 3.05) is 0 Å². The topological polar surface area (TPSA) is 66.4 Å². The van der Waals surface area contributed by atoms with Crippen LogP contribution in [0, 0.1) is 0 Å². The Labute approximate surface area is 88.2 Å². The third-order valence-electron chi connectivity index (χ3n) is 1.31. The first-order valence-electron chi connectivity index (χ1n) is 4.03.